The molecular weight excluding hydrogens is 312 g/mol. The van der Waals surface area contributed by atoms with E-state index in [0.717, 1.165) is 31.1 Å². The van der Waals surface area contributed by atoms with E-state index in [-0.39, 0.29) is 12.4 Å². The van der Waals surface area contributed by atoms with Gasteiger partial charge < -0.3 is 14.7 Å². The Morgan fingerprint density at radius 2 is 2.09 bits per heavy atom. The number of hydrogen-bond donors (Lipinski definition) is 1. The van der Waals surface area contributed by atoms with E-state index >= 15 is 0 Å². The van der Waals surface area contributed by atoms with E-state index < -0.39 is 0 Å². The molecule has 0 radical (unpaired) electrons. The van der Waals surface area contributed by atoms with Crippen molar-refractivity contribution in [3.63, 3.8) is 0 Å². The van der Waals surface area contributed by atoms with Gasteiger partial charge in [0, 0.05) is 24.6 Å². The van der Waals surface area contributed by atoms with Crippen LogP contribution in [0.15, 0.2) is 28.8 Å². The summed E-state index contributed by atoms with van der Waals surface area (Å²) < 4.78 is 5.53. The van der Waals surface area contributed by atoms with E-state index in [4.69, 9.17) is 4.52 Å². The Hall–Kier alpha value is -1.43. The first-order chi connectivity index (χ1) is 10.7. The van der Waals surface area contributed by atoms with Crippen molar-refractivity contribution in [1.29, 1.82) is 0 Å². The van der Waals surface area contributed by atoms with Gasteiger partial charge in [0.15, 0.2) is 0 Å². The van der Waals surface area contributed by atoms with Crippen LogP contribution < -0.4 is 5.32 Å². The zero-order chi connectivity index (χ0) is 15.2. The van der Waals surface area contributed by atoms with Gasteiger partial charge in [0.25, 0.3) is 0 Å². The third-order valence-electron chi connectivity index (χ3n) is 4.92. The molecule has 1 saturated heterocycles. The molecule has 2 fully saturated rings. The van der Waals surface area contributed by atoms with Crippen LogP contribution in [-0.2, 0) is 6.54 Å². The quantitative estimate of drug-likeness (QED) is 0.931. The van der Waals surface area contributed by atoms with Gasteiger partial charge in [0.1, 0.15) is 0 Å². The fourth-order valence-electron chi connectivity index (χ4n) is 3.55. The number of hydrogen-bond acceptors (Lipinski definition) is 5. The Bertz CT molecular complexity index is 661. The molecule has 1 aromatic carbocycles. The summed E-state index contributed by atoms with van der Waals surface area (Å²) in [6.45, 7) is 3.15. The minimum absolute atomic E-state index is 0. The van der Waals surface area contributed by atoms with Crippen LogP contribution in [0, 0.1) is 5.41 Å². The highest BCUT2D eigenvalue weighted by Crippen LogP contribution is 2.62. The summed E-state index contributed by atoms with van der Waals surface area (Å²) in [6, 6.07) is 8.41. The summed E-state index contributed by atoms with van der Waals surface area (Å²) in [7, 11) is 4.14. The van der Waals surface area contributed by atoms with Gasteiger partial charge in [0.2, 0.25) is 11.7 Å². The van der Waals surface area contributed by atoms with E-state index in [1.165, 1.54) is 18.4 Å². The van der Waals surface area contributed by atoms with Gasteiger partial charge in [-0.15, -0.1) is 12.4 Å². The Morgan fingerprint density at radius 3 is 2.74 bits per heavy atom. The molecule has 2 unspecified atom stereocenters. The largest absolute Gasteiger partial charge is 0.339 e. The second-order valence-corrected chi connectivity index (χ2v) is 6.94. The van der Waals surface area contributed by atoms with Crippen molar-refractivity contribution in [2.45, 2.75) is 25.3 Å². The molecule has 124 valence electrons. The summed E-state index contributed by atoms with van der Waals surface area (Å²) in [6.07, 6.45) is 2.41. The van der Waals surface area contributed by atoms with Crippen LogP contribution in [-0.4, -0.2) is 42.2 Å². The van der Waals surface area contributed by atoms with E-state index in [9.17, 15) is 0 Å². The van der Waals surface area contributed by atoms with Crippen molar-refractivity contribution in [3.05, 3.63) is 35.7 Å². The Kier molecular flexibility index (Phi) is 4.45. The molecule has 1 N–H and O–H groups in total. The third kappa shape index (κ3) is 3.13. The molecule has 1 aliphatic carbocycles. The maximum atomic E-state index is 5.53. The lowest BCUT2D eigenvalue weighted by Crippen LogP contribution is -2.10. The van der Waals surface area contributed by atoms with Gasteiger partial charge in [-0.1, -0.05) is 29.4 Å². The summed E-state index contributed by atoms with van der Waals surface area (Å²) in [4.78, 5) is 6.79. The van der Waals surface area contributed by atoms with Gasteiger partial charge in [-0.3, -0.25) is 0 Å². The molecule has 2 heterocycles. The second kappa shape index (κ2) is 6.23. The Labute approximate surface area is 142 Å². The normalized spacial score (nSPS) is 25.8. The molecule has 2 atom stereocenters. The minimum Gasteiger partial charge on any atom is -0.339 e. The van der Waals surface area contributed by atoms with E-state index in [2.05, 4.69) is 58.7 Å². The molecule has 2 aromatic rings. The van der Waals surface area contributed by atoms with Crippen molar-refractivity contribution in [1.82, 2.24) is 20.4 Å². The molecule has 5 nitrogen and oxygen atoms in total. The summed E-state index contributed by atoms with van der Waals surface area (Å²) in [5.41, 5.74) is 2.71. The van der Waals surface area contributed by atoms with Gasteiger partial charge in [-0.05, 0) is 44.5 Å². The topological polar surface area (TPSA) is 54.2 Å². The zero-order valence-electron chi connectivity index (χ0n) is 13.6. The molecule has 1 spiro atoms. The van der Waals surface area contributed by atoms with Gasteiger partial charge >= 0.3 is 0 Å². The molecule has 0 bridgehead atoms. The van der Waals surface area contributed by atoms with E-state index in [1.807, 2.05) is 0 Å². The lowest BCUT2D eigenvalue weighted by molar-refractivity contribution is 0.364. The predicted molar refractivity (Wildman–Crippen MR) is 91.7 cm³/mol. The Balaban J connectivity index is 0.00000156. The van der Waals surface area contributed by atoms with Crippen LogP contribution >= 0.6 is 12.4 Å². The molecule has 1 saturated carbocycles. The lowest BCUT2D eigenvalue weighted by Gasteiger charge is -2.09. The molecule has 23 heavy (non-hydrogen) atoms. The first kappa shape index (κ1) is 16.4. The first-order valence-electron chi connectivity index (χ1n) is 7.95. The molecule has 6 heteroatoms. The summed E-state index contributed by atoms with van der Waals surface area (Å²) in [5.74, 6) is 1.98. The van der Waals surface area contributed by atoms with Crippen molar-refractivity contribution in [2.24, 2.45) is 5.41 Å². The van der Waals surface area contributed by atoms with E-state index in [0.29, 0.717) is 17.2 Å². The average molecular weight is 335 g/mol. The second-order valence-electron chi connectivity index (χ2n) is 6.94. The summed E-state index contributed by atoms with van der Waals surface area (Å²) in [5, 5.41) is 7.62. The van der Waals surface area contributed by atoms with Crippen molar-refractivity contribution >= 4 is 12.4 Å². The van der Waals surface area contributed by atoms with Crippen molar-refractivity contribution in [2.75, 3.05) is 27.2 Å². The number of nitrogens with one attached hydrogen (secondary N) is 1. The van der Waals surface area contributed by atoms with Crippen LogP contribution in [0.2, 0.25) is 0 Å². The molecule has 1 aliphatic heterocycles. The lowest BCUT2D eigenvalue weighted by atomic mass is 10.0. The SMILES string of the molecule is CN(C)Cc1ccc(-c2noc(C3CC34CCNC4)n2)cc1.Cl. The standard InChI is InChI=1S/C17H22N4O.ClH/c1-21(2)10-12-3-5-13(6-4-12)15-19-16(22-20-15)14-9-17(14)7-8-18-11-17;/h3-6,14,18H,7-11H2,1-2H3;1H. The van der Waals surface area contributed by atoms with Gasteiger partial charge in [-0.25, -0.2) is 0 Å². The predicted octanol–water partition coefficient (Wildman–Crippen LogP) is 2.69. The number of rotatable bonds is 4. The Morgan fingerprint density at radius 1 is 1.30 bits per heavy atom. The van der Waals surface area contributed by atoms with E-state index in [1.54, 1.807) is 0 Å². The zero-order valence-corrected chi connectivity index (χ0v) is 14.4. The van der Waals surface area contributed by atoms with Crippen LogP contribution in [0.3, 0.4) is 0 Å². The van der Waals surface area contributed by atoms with Crippen molar-refractivity contribution < 1.29 is 4.52 Å². The van der Waals surface area contributed by atoms with Gasteiger partial charge in [-0.2, -0.15) is 4.98 Å². The molecular formula is C17H23ClN4O. The van der Waals surface area contributed by atoms with Gasteiger partial charge in [0.05, 0.1) is 0 Å². The van der Waals surface area contributed by atoms with Crippen LogP contribution in [0.4, 0.5) is 0 Å². The number of aromatic nitrogens is 2. The first-order valence-corrected chi connectivity index (χ1v) is 7.95. The highest BCUT2D eigenvalue weighted by molar-refractivity contribution is 5.85. The maximum absolute atomic E-state index is 5.53. The van der Waals surface area contributed by atoms with Crippen molar-refractivity contribution in [3.8, 4) is 11.4 Å². The fraction of sp³-hybridized carbons (Fsp3) is 0.529. The smallest absolute Gasteiger partial charge is 0.230 e. The molecule has 0 amide bonds. The molecule has 2 aliphatic rings. The fourth-order valence-corrected chi connectivity index (χ4v) is 3.55. The highest BCUT2D eigenvalue weighted by atomic mass is 35.5. The third-order valence-corrected chi connectivity index (χ3v) is 4.92. The van der Waals surface area contributed by atoms with Crippen LogP contribution in [0.5, 0.6) is 0 Å². The molecule has 4 rings (SSSR count). The highest BCUT2D eigenvalue weighted by Gasteiger charge is 2.58. The number of halogens is 1. The minimum atomic E-state index is 0. The monoisotopic (exact) mass is 334 g/mol. The average Bonchev–Trinajstić information content (AvgIpc) is 2.87. The van der Waals surface area contributed by atoms with Crippen LogP contribution in [0.1, 0.15) is 30.2 Å². The van der Waals surface area contributed by atoms with Crippen LogP contribution in [0.25, 0.3) is 11.4 Å². The number of nitrogens with zero attached hydrogens (tertiary/aromatic N) is 3. The number of benzene rings is 1. The molecule has 1 aromatic heterocycles. The summed E-state index contributed by atoms with van der Waals surface area (Å²) >= 11 is 0. The maximum Gasteiger partial charge on any atom is 0.230 e.